The zero-order chi connectivity index (χ0) is 14.2. The molecule has 0 bridgehead atoms. The standard InChI is InChI=1S/C15H18N4O/c1-2-3-11-19-12-14(17-18-19)9-10-15(20)16-13-7-5-4-6-8-13/h4-10,12H,2-3,11H2,1H3,(H,16,20)/b10-9+. The van der Waals surface area contributed by atoms with E-state index in [1.807, 2.05) is 36.5 Å². The van der Waals surface area contributed by atoms with E-state index in [1.165, 1.54) is 6.08 Å². The van der Waals surface area contributed by atoms with Gasteiger partial charge in [0.1, 0.15) is 5.69 Å². The van der Waals surface area contributed by atoms with Crippen molar-refractivity contribution in [3.63, 3.8) is 0 Å². The molecule has 0 aliphatic heterocycles. The van der Waals surface area contributed by atoms with Crippen LogP contribution in [-0.4, -0.2) is 20.9 Å². The zero-order valence-electron chi connectivity index (χ0n) is 11.5. The number of amides is 1. The number of aromatic nitrogens is 3. The minimum Gasteiger partial charge on any atom is -0.323 e. The van der Waals surface area contributed by atoms with Crippen LogP contribution in [0.1, 0.15) is 25.5 Å². The minimum absolute atomic E-state index is 0.181. The molecule has 1 amide bonds. The minimum atomic E-state index is -0.181. The number of nitrogens with zero attached hydrogens (tertiary/aromatic N) is 3. The van der Waals surface area contributed by atoms with Gasteiger partial charge in [-0.15, -0.1) is 5.10 Å². The number of para-hydroxylation sites is 1. The SMILES string of the molecule is CCCCn1cc(/C=C/C(=O)Nc2ccccc2)nn1. The monoisotopic (exact) mass is 270 g/mol. The quantitative estimate of drug-likeness (QED) is 0.821. The first-order valence-corrected chi connectivity index (χ1v) is 6.72. The Bertz CT molecular complexity index is 575. The fraction of sp³-hybridized carbons (Fsp3) is 0.267. The molecule has 20 heavy (non-hydrogen) atoms. The Hall–Kier alpha value is -2.43. The number of benzene rings is 1. The number of carbonyl (C=O) groups is 1. The summed E-state index contributed by atoms with van der Waals surface area (Å²) in [6, 6.07) is 9.33. The molecule has 0 spiro atoms. The van der Waals surface area contributed by atoms with Crippen molar-refractivity contribution in [3.05, 3.63) is 48.3 Å². The number of aryl methyl sites for hydroxylation is 1. The molecule has 1 N–H and O–H groups in total. The summed E-state index contributed by atoms with van der Waals surface area (Å²) in [5.74, 6) is -0.181. The van der Waals surface area contributed by atoms with Crippen molar-refractivity contribution in [2.45, 2.75) is 26.3 Å². The van der Waals surface area contributed by atoms with Crippen molar-refractivity contribution in [1.29, 1.82) is 0 Å². The molecule has 0 radical (unpaired) electrons. The van der Waals surface area contributed by atoms with Crippen LogP contribution in [0.4, 0.5) is 5.69 Å². The van der Waals surface area contributed by atoms with Crippen LogP contribution in [-0.2, 0) is 11.3 Å². The maximum Gasteiger partial charge on any atom is 0.248 e. The summed E-state index contributed by atoms with van der Waals surface area (Å²) in [6.45, 7) is 2.99. The van der Waals surface area contributed by atoms with Gasteiger partial charge in [0.15, 0.2) is 0 Å². The van der Waals surface area contributed by atoms with Gasteiger partial charge in [-0.05, 0) is 24.6 Å². The van der Waals surface area contributed by atoms with Gasteiger partial charge in [-0.2, -0.15) is 0 Å². The summed E-state index contributed by atoms with van der Waals surface area (Å²) < 4.78 is 1.79. The molecule has 2 rings (SSSR count). The summed E-state index contributed by atoms with van der Waals surface area (Å²) >= 11 is 0. The Balaban J connectivity index is 1.88. The first-order valence-electron chi connectivity index (χ1n) is 6.72. The average Bonchev–Trinajstić information content (AvgIpc) is 2.92. The van der Waals surface area contributed by atoms with Gasteiger partial charge in [-0.25, -0.2) is 0 Å². The fourth-order valence-electron chi connectivity index (χ4n) is 1.69. The lowest BCUT2D eigenvalue weighted by atomic mass is 10.3. The second kappa shape index (κ2) is 7.23. The highest BCUT2D eigenvalue weighted by atomic mass is 16.1. The van der Waals surface area contributed by atoms with Crippen LogP contribution in [0.5, 0.6) is 0 Å². The third kappa shape index (κ3) is 4.35. The molecule has 0 atom stereocenters. The molecule has 1 aromatic heterocycles. The number of hydrogen-bond acceptors (Lipinski definition) is 3. The number of rotatable bonds is 6. The van der Waals surface area contributed by atoms with Crippen LogP contribution < -0.4 is 5.32 Å². The van der Waals surface area contributed by atoms with Gasteiger partial charge >= 0.3 is 0 Å². The number of anilines is 1. The van der Waals surface area contributed by atoms with Crippen LogP contribution in [0.25, 0.3) is 6.08 Å². The second-order valence-corrected chi connectivity index (χ2v) is 4.45. The Labute approximate surface area is 118 Å². The van der Waals surface area contributed by atoms with Crippen LogP contribution in [0, 0.1) is 0 Å². The van der Waals surface area contributed by atoms with Gasteiger partial charge in [0, 0.05) is 18.3 Å². The summed E-state index contributed by atoms with van der Waals surface area (Å²) in [6.07, 6.45) is 7.14. The van der Waals surface area contributed by atoms with Gasteiger partial charge in [0.05, 0.1) is 6.20 Å². The molecule has 5 nitrogen and oxygen atoms in total. The lowest BCUT2D eigenvalue weighted by molar-refractivity contribution is -0.111. The van der Waals surface area contributed by atoms with Crippen molar-refractivity contribution >= 4 is 17.7 Å². The number of carbonyl (C=O) groups excluding carboxylic acids is 1. The molecular formula is C15H18N4O. The van der Waals surface area contributed by atoms with E-state index in [2.05, 4.69) is 22.6 Å². The predicted molar refractivity (Wildman–Crippen MR) is 79.0 cm³/mol. The molecule has 104 valence electrons. The molecule has 0 unspecified atom stereocenters. The van der Waals surface area contributed by atoms with E-state index >= 15 is 0 Å². The van der Waals surface area contributed by atoms with Crippen molar-refractivity contribution in [3.8, 4) is 0 Å². The smallest absolute Gasteiger partial charge is 0.248 e. The maximum atomic E-state index is 11.7. The molecule has 0 aliphatic rings. The summed E-state index contributed by atoms with van der Waals surface area (Å²) in [5.41, 5.74) is 1.46. The first-order chi connectivity index (χ1) is 9.78. The normalized spacial score (nSPS) is 10.8. The van der Waals surface area contributed by atoms with Gasteiger partial charge in [-0.3, -0.25) is 9.48 Å². The van der Waals surface area contributed by atoms with Gasteiger partial charge in [0.25, 0.3) is 0 Å². The molecule has 0 saturated carbocycles. The Morgan fingerprint density at radius 2 is 2.15 bits per heavy atom. The summed E-state index contributed by atoms with van der Waals surface area (Å²) in [7, 11) is 0. The highest BCUT2D eigenvalue weighted by Crippen LogP contribution is 2.05. The van der Waals surface area contributed by atoms with Crippen LogP contribution in [0.2, 0.25) is 0 Å². The van der Waals surface area contributed by atoms with E-state index in [1.54, 1.807) is 10.8 Å². The Morgan fingerprint density at radius 3 is 2.90 bits per heavy atom. The molecule has 1 aromatic carbocycles. The first kappa shape index (κ1) is 14.0. The largest absolute Gasteiger partial charge is 0.323 e. The zero-order valence-corrected chi connectivity index (χ0v) is 11.5. The molecule has 2 aromatic rings. The predicted octanol–water partition coefficient (Wildman–Crippen LogP) is 2.73. The lowest BCUT2D eigenvalue weighted by Crippen LogP contribution is -2.07. The topological polar surface area (TPSA) is 59.8 Å². The van der Waals surface area contributed by atoms with Crippen molar-refractivity contribution in [2.24, 2.45) is 0 Å². The second-order valence-electron chi connectivity index (χ2n) is 4.45. The average molecular weight is 270 g/mol. The van der Waals surface area contributed by atoms with Gasteiger partial charge in [0.2, 0.25) is 5.91 Å². The van der Waals surface area contributed by atoms with E-state index in [0.717, 1.165) is 25.1 Å². The molecule has 0 saturated heterocycles. The van der Waals surface area contributed by atoms with Crippen molar-refractivity contribution in [1.82, 2.24) is 15.0 Å². The summed E-state index contributed by atoms with van der Waals surface area (Å²) in [5, 5.41) is 10.8. The van der Waals surface area contributed by atoms with E-state index in [9.17, 15) is 4.79 Å². The van der Waals surface area contributed by atoms with Crippen molar-refractivity contribution < 1.29 is 4.79 Å². The third-order valence-corrected chi connectivity index (χ3v) is 2.74. The Kier molecular flexibility index (Phi) is 5.06. The fourth-order valence-corrected chi connectivity index (χ4v) is 1.69. The molecule has 0 aliphatic carbocycles. The van der Waals surface area contributed by atoms with E-state index in [4.69, 9.17) is 0 Å². The highest BCUT2D eigenvalue weighted by Gasteiger charge is 1.99. The maximum absolute atomic E-state index is 11.7. The molecule has 1 heterocycles. The van der Waals surface area contributed by atoms with Crippen molar-refractivity contribution in [2.75, 3.05) is 5.32 Å². The van der Waals surface area contributed by atoms with E-state index < -0.39 is 0 Å². The van der Waals surface area contributed by atoms with E-state index in [-0.39, 0.29) is 5.91 Å². The summed E-state index contributed by atoms with van der Waals surface area (Å²) in [4.78, 5) is 11.7. The van der Waals surface area contributed by atoms with Crippen LogP contribution >= 0.6 is 0 Å². The highest BCUT2D eigenvalue weighted by molar-refractivity contribution is 6.01. The third-order valence-electron chi connectivity index (χ3n) is 2.74. The molecule has 0 fully saturated rings. The van der Waals surface area contributed by atoms with Crippen LogP contribution in [0.3, 0.4) is 0 Å². The molecule has 5 heteroatoms. The van der Waals surface area contributed by atoms with Gasteiger partial charge < -0.3 is 5.32 Å². The van der Waals surface area contributed by atoms with Crippen LogP contribution in [0.15, 0.2) is 42.6 Å². The Morgan fingerprint density at radius 1 is 1.35 bits per heavy atom. The van der Waals surface area contributed by atoms with Gasteiger partial charge in [-0.1, -0.05) is 36.8 Å². The lowest BCUT2D eigenvalue weighted by Gasteiger charge is -1.99. The molecular weight excluding hydrogens is 252 g/mol. The number of nitrogens with one attached hydrogen (secondary N) is 1. The number of hydrogen-bond donors (Lipinski definition) is 1. The van der Waals surface area contributed by atoms with E-state index in [0.29, 0.717) is 5.69 Å². The number of unbranched alkanes of at least 4 members (excludes halogenated alkanes) is 1.